The zero-order valence-corrected chi connectivity index (χ0v) is 15.3. The highest BCUT2D eigenvalue weighted by Crippen LogP contribution is 2.41. The molecule has 0 saturated heterocycles. The first-order valence-electron chi connectivity index (χ1n) is 8.41. The van der Waals surface area contributed by atoms with Crippen LogP contribution in [0.1, 0.15) is 16.7 Å². The number of rotatable bonds is 5. The van der Waals surface area contributed by atoms with E-state index in [0.29, 0.717) is 5.56 Å². The van der Waals surface area contributed by atoms with E-state index in [1.165, 1.54) is 13.2 Å². The summed E-state index contributed by atoms with van der Waals surface area (Å²) in [6.45, 7) is -0.136. The van der Waals surface area contributed by atoms with E-state index >= 15 is 0 Å². The van der Waals surface area contributed by atoms with Crippen LogP contribution in [0.15, 0.2) is 47.3 Å². The molecule has 0 saturated carbocycles. The Hall–Kier alpha value is -4.30. The molecule has 0 amide bonds. The lowest BCUT2D eigenvalue weighted by Gasteiger charge is -2.17. The number of benzene rings is 2. The fourth-order valence-electron chi connectivity index (χ4n) is 2.90. The van der Waals surface area contributed by atoms with Gasteiger partial charge in [-0.1, -0.05) is 30.3 Å². The van der Waals surface area contributed by atoms with E-state index in [0.717, 1.165) is 0 Å². The number of ether oxygens (including phenoxy) is 2. The van der Waals surface area contributed by atoms with Crippen molar-refractivity contribution >= 4 is 5.82 Å². The van der Waals surface area contributed by atoms with Gasteiger partial charge in [0.2, 0.25) is 0 Å². The highest BCUT2D eigenvalue weighted by molar-refractivity contribution is 5.85. The molecule has 0 aliphatic rings. The number of pyridine rings is 1. The Bertz CT molecular complexity index is 1220. The van der Waals surface area contributed by atoms with Gasteiger partial charge in [-0.05, 0) is 12.1 Å². The molecule has 2 aromatic carbocycles. The molecule has 0 radical (unpaired) electrons. The average molecular weight is 390 g/mol. The van der Waals surface area contributed by atoms with Crippen LogP contribution in [0.2, 0.25) is 0 Å². The molecule has 8 heteroatoms. The summed E-state index contributed by atoms with van der Waals surface area (Å²) in [7, 11) is 1.41. The number of nitriles is 2. The normalized spacial score (nSPS) is 10.1. The molecule has 0 aliphatic heterocycles. The zero-order valence-electron chi connectivity index (χ0n) is 15.3. The summed E-state index contributed by atoms with van der Waals surface area (Å²) in [4.78, 5) is 14.5. The van der Waals surface area contributed by atoms with E-state index in [9.17, 15) is 19.7 Å². The number of aromatic nitrogens is 1. The molecule has 7 nitrogen and oxygen atoms in total. The van der Waals surface area contributed by atoms with Crippen LogP contribution >= 0.6 is 0 Å². The molecule has 1 aromatic heterocycles. The Morgan fingerprint density at radius 3 is 2.48 bits per heavy atom. The molecule has 0 bridgehead atoms. The van der Waals surface area contributed by atoms with E-state index in [1.807, 2.05) is 6.07 Å². The Morgan fingerprint density at radius 2 is 1.83 bits per heavy atom. The summed E-state index contributed by atoms with van der Waals surface area (Å²) < 4.78 is 25.1. The van der Waals surface area contributed by atoms with Crippen LogP contribution in [0, 0.1) is 28.5 Å². The number of nitrogen functional groups attached to an aromatic ring is 1. The lowest BCUT2D eigenvalue weighted by molar-refractivity contribution is 0.281. The summed E-state index contributed by atoms with van der Waals surface area (Å²) >= 11 is 0. The van der Waals surface area contributed by atoms with E-state index in [2.05, 4.69) is 4.98 Å². The van der Waals surface area contributed by atoms with Gasteiger partial charge in [0.05, 0.1) is 7.11 Å². The molecule has 0 aliphatic carbocycles. The minimum Gasteiger partial charge on any atom is -0.493 e. The van der Waals surface area contributed by atoms with Gasteiger partial charge in [0.1, 0.15) is 41.5 Å². The second-order valence-corrected chi connectivity index (χ2v) is 5.93. The summed E-state index contributed by atoms with van der Waals surface area (Å²) in [6, 6.07) is 14.6. The first kappa shape index (κ1) is 19.5. The second kappa shape index (κ2) is 8.15. The monoisotopic (exact) mass is 390 g/mol. The number of nitrogens with two attached hydrogens (primary N) is 1. The highest BCUT2D eigenvalue weighted by Gasteiger charge is 2.23. The Morgan fingerprint density at radius 1 is 1.10 bits per heavy atom. The van der Waals surface area contributed by atoms with Gasteiger partial charge >= 0.3 is 0 Å². The summed E-state index contributed by atoms with van der Waals surface area (Å²) in [5.74, 6) is -0.184. The largest absolute Gasteiger partial charge is 0.493 e. The molecule has 3 rings (SSSR count). The topological polar surface area (TPSA) is 125 Å². The van der Waals surface area contributed by atoms with Crippen LogP contribution in [-0.2, 0) is 6.61 Å². The molecule has 1 heterocycles. The van der Waals surface area contributed by atoms with Gasteiger partial charge in [-0.25, -0.2) is 4.39 Å². The van der Waals surface area contributed by atoms with Crippen LogP contribution < -0.4 is 20.8 Å². The van der Waals surface area contributed by atoms with Crippen molar-refractivity contribution in [2.75, 3.05) is 12.8 Å². The van der Waals surface area contributed by atoms with Crippen molar-refractivity contribution in [1.29, 1.82) is 10.5 Å². The predicted molar refractivity (Wildman–Crippen MR) is 104 cm³/mol. The minimum absolute atomic E-state index is 0.0266. The molecule has 144 valence electrons. The maximum absolute atomic E-state index is 14.0. The number of halogens is 1. The van der Waals surface area contributed by atoms with Gasteiger partial charge in [0.25, 0.3) is 5.56 Å². The van der Waals surface area contributed by atoms with Gasteiger partial charge < -0.3 is 20.2 Å². The number of para-hydroxylation sites is 1. The standard InChI is InChI=1S/C21H15FN4O3/c1-28-17-8-4-6-13(19(17)29-11-12-5-2-3-7-16(12)22)18-14(9-23)20(25)26-21(27)15(18)10-24/h2-8H,11H2,1H3,(H3,25,26,27). The predicted octanol–water partition coefficient (Wildman–Crippen LogP) is 3.09. The Labute approximate surface area is 165 Å². The van der Waals surface area contributed by atoms with Crippen molar-refractivity contribution in [2.24, 2.45) is 0 Å². The average Bonchev–Trinajstić information content (AvgIpc) is 2.72. The molecule has 0 spiro atoms. The third-order valence-corrected chi connectivity index (χ3v) is 4.27. The van der Waals surface area contributed by atoms with Crippen molar-refractivity contribution in [2.45, 2.75) is 6.61 Å². The van der Waals surface area contributed by atoms with Gasteiger partial charge in [-0.15, -0.1) is 0 Å². The summed E-state index contributed by atoms with van der Waals surface area (Å²) in [5, 5.41) is 19.0. The highest BCUT2D eigenvalue weighted by atomic mass is 19.1. The van der Waals surface area contributed by atoms with Crippen molar-refractivity contribution in [3.8, 4) is 34.8 Å². The third-order valence-electron chi connectivity index (χ3n) is 4.27. The van der Waals surface area contributed by atoms with Gasteiger partial charge in [-0.2, -0.15) is 10.5 Å². The zero-order chi connectivity index (χ0) is 21.0. The Balaban J connectivity index is 2.23. The third kappa shape index (κ3) is 3.60. The molecule has 3 N–H and O–H groups in total. The van der Waals surface area contributed by atoms with E-state index in [4.69, 9.17) is 15.2 Å². The quantitative estimate of drug-likeness (QED) is 0.690. The molecule has 0 unspecified atom stereocenters. The summed E-state index contributed by atoms with van der Waals surface area (Å²) in [6.07, 6.45) is 0. The maximum atomic E-state index is 14.0. The molecule has 0 fully saturated rings. The molecule has 29 heavy (non-hydrogen) atoms. The summed E-state index contributed by atoms with van der Waals surface area (Å²) in [5.41, 5.74) is 5.27. The first-order valence-corrected chi connectivity index (χ1v) is 8.41. The van der Waals surface area contributed by atoms with Gasteiger partial charge in [-0.3, -0.25) is 4.79 Å². The second-order valence-electron chi connectivity index (χ2n) is 5.93. The number of hydrogen-bond acceptors (Lipinski definition) is 6. The molecule has 3 aromatic rings. The number of hydrogen-bond donors (Lipinski definition) is 2. The fraction of sp³-hybridized carbons (Fsp3) is 0.0952. The maximum Gasteiger partial charge on any atom is 0.268 e. The van der Waals surface area contributed by atoms with Gasteiger partial charge in [0.15, 0.2) is 11.5 Å². The van der Waals surface area contributed by atoms with Crippen molar-refractivity contribution < 1.29 is 13.9 Å². The smallest absolute Gasteiger partial charge is 0.268 e. The number of methoxy groups -OCH3 is 1. The van der Waals surface area contributed by atoms with Crippen LogP contribution in [-0.4, -0.2) is 12.1 Å². The number of nitrogens with one attached hydrogen (secondary N) is 1. The SMILES string of the molecule is COc1cccc(-c2c(C#N)c(N)[nH]c(=O)c2C#N)c1OCc1ccccc1F. The van der Waals surface area contributed by atoms with E-state index in [-0.39, 0.29) is 46.2 Å². The lowest BCUT2D eigenvalue weighted by atomic mass is 9.95. The van der Waals surface area contributed by atoms with E-state index < -0.39 is 11.4 Å². The number of anilines is 1. The van der Waals surface area contributed by atoms with Crippen LogP contribution in [0.3, 0.4) is 0 Å². The van der Waals surface area contributed by atoms with Gasteiger partial charge in [0, 0.05) is 16.7 Å². The fourth-order valence-corrected chi connectivity index (χ4v) is 2.90. The Kier molecular flexibility index (Phi) is 5.47. The molecular weight excluding hydrogens is 375 g/mol. The lowest BCUT2D eigenvalue weighted by Crippen LogP contribution is -2.16. The van der Waals surface area contributed by atoms with E-state index in [1.54, 1.807) is 42.5 Å². The van der Waals surface area contributed by atoms with Crippen LogP contribution in [0.4, 0.5) is 10.2 Å². The van der Waals surface area contributed by atoms with Crippen LogP contribution in [0.25, 0.3) is 11.1 Å². The van der Waals surface area contributed by atoms with Crippen molar-refractivity contribution in [3.63, 3.8) is 0 Å². The molecular formula is C21H15FN4O3. The van der Waals surface area contributed by atoms with Crippen LogP contribution in [0.5, 0.6) is 11.5 Å². The number of H-pyrrole nitrogens is 1. The first-order chi connectivity index (χ1) is 14.0. The number of aromatic amines is 1. The van der Waals surface area contributed by atoms with Crippen molar-refractivity contribution in [3.05, 3.63) is 75.3 Å². The number of nitrogens with zero attached hydrogens (tertiary/aromatic N) is 2. The minimum atomic E-state index is -0.734. The van der Waals surface area contributed by atoms with Crippen molar-refractivity contribution in [1.82, 2.24) is 4.98 Å². The molecule has 0 atom stereocenters.